The van der Waals surface area contributed by atoms with E-state index in [4.69, 9.17) is 11.6 Å². The Labute approximate surface area is 123 Å². The number of fused-ring (bicyclic) bond motifs is 1. The number of hydrogen-bond acceptors (Lipinski definition) is 4. The minimum absolute atomic E-state index is 0.00808. The largest absolute Gasteiger partial charge is 0.310 e. The lowest BCUT2D eigenvalue weighted by atomic mass is 10.1. The van der Waals surface area contributed by atoms with Crippen molar-refractivity contribution < 1.29 is 4.79 Å². The van der Waals surface area contributed by atoms with Crippen molar-refractivity contribution in [1.29, 1.82) is 0 Å². The molecule has 3 heterocycles. The van der Waals surface area contributed by atoms with E-state index < -0.39 is 0 Å². The van der Waals surface area contributed by atoms with Crippen LogP contribution in [-0.4, -0.2) is 59.5 Å². The predicted molar refractivity (Wildman–Crippen MR) is 78.9 cm³/mol. The third kappa shape index (κ3) is 3.29. The normalized spacial score (nSPS) is 23.6. The number of nitrogens with zero attached hydrogens (tertiary/aromatic N) is 3. The van der Waals surface area contributed by atoms with E-state index in [2.05, 4.69) is 20.1 Å². The lowest BCUT2D eigenvalue weighted by molar-refractivity contribution is -0.117. The number of halogens is 1. The number of anilines is 1. The van der Waals surface area contributed by atoms with Crippen LogP contribution in [0.5, 0.6) is 0 Å². The van der Waals surface area contributed by atoms with Gasteiger partial charge in [-0.1, -0.05) is 11.6 Å². The molecule has 1 atom stereocenters. The number of carbonyl (C=O) groups is 1. The third-order valence-electron chi connectivity index (χ3n) is 4.03. The van der Waals surface area contributed by atoms with Crippen LogP contribution in [0.25, 0.3) is 0 Å². The fourth-order valence-corrected chi connectivity index (χ4v) is 3.15. The van der Waals surface area contributed by atoms with Gasteiger partial charge in [0.05, 0.1) is 11.6 Å². The molecule has 0 bridgehead atoms. The zero-order valence-corrected chi connectivity index (χ0v) is 12.1. The van der Waals surface area contributed by atoms with Gasteiger partial charge in [-0.25, -0.2) is 4.98 Å². The molecule has 5 nitrogen and oxygen atoms in total. The Morgan fingerprint density at radius 1 is 1.40 bits per heavy atom. The van der Waals surface area contributed by atoms with Crippen LogP contribution in [0.3, 0.4) is 0 Å². The summed E-state index contributed by atoms with van der Waals surface area (Å²) in [6, 6.07) is 4.08. The zero-order chi connectivity index (χ0) is 13.9. The molecular formula is C14H19ClN4O. The molecule has 0 radical (unpaired) electrons. The van der Waals surface area contributed by atoms with Crippen LogP contribution in [0.2, 0.25) is 5.02 Å². The lowest BCUT2D eigenvalue weighted by Gasteiger charge is -2.37. The number of aromatic nitrogens is 1. The smallest absolute Gasteiger partial charge is 0.239 e. The monoisotopic (exact) mass is 294 g/mol. The summed E-state index contributed by atoms with van der Waals surface area (Å²) in [5.74, 6) is 0.546. The number of pyridine rings is 1. The van der Waals surface area contributed by atoms with Crippen molar-refractivity contribution in [1.82, 2.24) is 14.8 Å². The van der Waals surface area contributed by atoms with E-state index in [9.17, 15) is 4.79 Å². The third-order valence-corrected chi connectivity index (χ3v) is 4.26. The summed E-state index contributed by atoms with van der Waals surface area (Å²) >= 11 is 5.77. The highest BCUT2D eigenvalue weighted by Gasteiger charge is 2.30. The number of nitrogens with one attached hydrogen (secondary N) is 1. The second-order valence-corrected chi connectivity index (χ2v) is 5.91. The van der Waals surface area contributed by atoms with Gasteiger partial charge in [0.2, 0.25) is 5.91 Å². The molecule has 0 spiro atoms. The fraction of sp³-hybridized carbons (Fsp3) is 0.571. The van der Waals surface area contributed by atoms with E-state index in [1.165, 1.54) is 25.6 Å². The Balaban J connectivity index is 1.50. The molecule has 1 amide bonds. The van der Waals surface area contributed by atoms with Crippen molar-refractivity contribution in [3.05, 3.63) is 23.4 Å². The summed E-state index contributed by atoms with van der Waals surface area (Å²) in [6.45, 7) is 4.71. The molecular weight excluding hydrogens is 276 g/mol. The fourth-order valence-electron chi connectivity index (χ4n) is 3.03. The van der Waals surface area contributed by atoms with Crippen molar-refractivity contribution in [3.63, 3.8) is 0 Å². The summed E-state index contributed by atoms with van der Waals surface area (Å²) in [7, 11) is 0. The van der Waals surface area contributed by atoms with Gasteiger partial charge in [0, 0.05) is 31.9 Å². The summed E-state index contributed by atoms with van der Waals surface area (Å²) < 4.78 is 0. The Hall–Kier alpha value is -1.17. The van der Waals surface area contributed by atoms with E-state index in [1.54, 1.807) is 12.1 Å². The minimum Gasteiger partial charge on any atom is -0.310 e. The molecule has 1 aromatic heterocycles. The first kappa shape index (κ1) is 13.8. The lowest BCUT2D eigenvalue weighted by Crippen LogP contribution is -2.51. The van der Waals surface area contributed by atoms with Gasteiger partial charge in [-0.3, -0.25) is 14.6 Å². The van der Waals surface area contributed by atoms with Gasteiger partial charge in [0.25, 0.3) is 0 Å². The molecule has 0 aromatic carbocycles. The number of rotatable bonds is 3. The Kier molecular flexibility index (Phi) is 4.19. The SMILES string of the molecule is O=C(CN1CCN2CCC[C@@H]2C1)Nc1ccc(Cl)cn1. The molecule has 1 N–H and O–H groups in total. The number of piperazine rings is 1. The first-order chi connectivity index (χ1) is 9.70. The van der Waals surface area contributed by atoms with E-state index in [0.29, 0.717) is 23.4 Å². The Morgan fingerprint density at radius 2 is 2.30 bits per heavy atom. The van der Waals surface area contributed by atoms with Crippen molar-refractivity contribution in [2.45, 2.75) is 18.9 Å². The van der Waals surface area contributed by atoms with Crippen molar-refractivity contribution in [3.8, 4) is 0 Å². The highest BCUT2D eigenvalue weighted by molar-refractivity contribution is 6.30. The van der Waals surface area contributed by atoms with Crippen molar-refractivity contribution >= 4 is 23.3 Å². The van der Waals surface area contributed by atoms with Crippen molar-refractivity contribution in [2.75, 3.05) is 38.0 Å². The van der Waals surface area contributed by atoms with E-state index in [1.807, 2.05) is 0 Å². The van der Waals surface area contributed by atoms with Crippen LogP contribution in [0.1, 0.15) is 12.8 Å². The van der Waals surface area contributed by atoms with Gasteiger partial charge in [0.1, 0.15) is 5.82 Å². The summed E-state index contributed by atoms with van der Waals surface area (Å²) in [6.07, 6.45) is 4.09. The summed E-state index contributed by atoms with van der Waals surface area (Å²) in [5.41, 5.74) is 0. The first-order valence-corrected chi connectivity index (χ1v) is 7.46. The van der Waals surface area contributed by atoms with Crippen LogP contribution >= 0.6 is 11.6 Å². The van der Waals surface area contributed by atoms with Crippen LogP contribution in [0.4, 0.5) is 5.82 Å². The number of carbonyl (C=O) groups excluding carboxylic acids is 1. The molecule has 2 fully saturated rings. The molecule has 20 heavy (non-hydrogen) atoms. The molecule has 2 saturated heterocycles. The minimum atomic E-state index is -0.00808. The molecule has 108 valence electrons. The maximum atomic E-state index is 12.0. The maximum absolute atomic E-state index is 12.0. The maximum Gasteiger partial charge on any atom is 0.239 e. The highest BCUT2D eigenvalue weighted by atomic mass is 35.5. The number of amides is 1. The predicted octanol–water partition coefficient (Wildman–Crippen LogP) is 1.45. The van der Waals surface area contributed by atoms with Gasteiger partial charge in [-0.2, -0.15) is 0 Å². The Morgan fingerprint density at radius 3 is 3.10 bits per heavy atom. The average Bonchev–Trinajstić information content (AvgIpc) is 2.89. The van der Waals surface area contributed by atoms with E-state index in [0.717, 1.165) is 19.6 Å². The summed E-state index contributed by atoms with van der Waals surface area (Å²) in [5, 5.41) is 3.38. The Bertz CT molecular complexity index is 479. The second-order valence-electron chi connectivity index (χ2n) is 5.48. The molecule has 3 rings (SSSR count). The molecule has 2 aliphatic heterocycles. The molecule has 0 saturated carbocycles. The molecule has 0 unspecified atom stereocenters. The van der Waals surface area contributed by atoms with Gasteiger partial charge in [-0.05, 0) is 31.5 Å². The van der Waals surface area contributed by atoms with Crippen LogP contribution in [-0.2, 0) is 4.79 Å². The van der Waals surface area contributed by atoms with E-state index in [-0.39, 0.29) is 5.91 Å². The second kappa shape index (κ2) is 6.08. The first-order valence-electron chi connectivity index (χ1n) is 7.08. The number of hydrogen-bond donors (Lipinski definition) is 1. The van der Waals surface area contributed by atoms with Gasteiger partial charge >= 0.3 is 0 Å². The van der Waals surface area contributed by atoms with Crippen LogP contribution in [0, 0.1) is 0 Å². The van der Waals surface area contributed by atoms with Crippen molar-refractivity contribution in [2.24, 2.45) is 0 Å². The quantitative estimate of drug-likeness (QED) is 0.917. The van der Waals surface area contributed by atoms with Gasteiger partial charge in [0.15, 0.2) is 0 Å². The zero-order valence-electron chi connectivity index (χ0n) is 11.4. The van der Waals surface area contributed by atoms with Gasteiger partial charge in [-0.15, -0.1) is 0 Å². The standard InChI is InChI=1S/C14H19ClN4O/c15-11-3-4-13(16-8-11)17-14(20)10-18-6-7-19-5-1-2-12(19)9-18/h3-4,8,12H,1-2,5-7,9-10H2,(H,16,17,20)/t12-/m1/s1. The average molecular weight is 295 g/mol. The topological polar surface area (TPSA) is 48.5 Å². The van der Waals surface area contributed by atoms with Crippen LogP contribution < -0.4 is 5.32 Å². The van der Waals surface area contributed by atoms with Gasteiger partial charge < -0.3 is 5.32 Å². The summed E-state index contributed by atoms with van der Waals surface area (Å²) in [4.78, 5) is 20.9. The molecule has 6 heteroatoms. The van der Waals surface area contributed by atoms with Crippen LogP contribution in [0.15, 0.2) is 18.3 Å². The molecule has 2 aliphatic rings. The molecule has 1 aromatic rings. The highest BCUT2D eigenvalue weighted by Crippen LogP contribution is 2.21. The van der Waals surface area contributed by atoms with E-state index >= 15 is 0 Å². The molecule has 0 aliphatic carbocycles.